The highest BCUT2D eigenvalue weighted by molar-refractivity contribution is 8.00. The van der Waals surface area contributed by atoms with Crippen LogP contribution in [0.25, 0.3) is 10.9 Å². The minimum absolute atomic E-state index is 0.0196. The highest BCUT2D eigenvalue weighted by atomic mass is 32.2. The summed E-state index contributed by atoms with van der Waals surface area (Å²) >= 11 is 0.907. The lowest BCUT2D eigenvalue weighted by Crippen LogP contribution is -2.61. The van der Waals surface area contributed by atoms with Crippen molar-refractivity contribution in [1.82, 2.24) is 77.3 Å². The van der Waals surface area contributed by atoms with E-state index in [-0.39, 0.29) is 68.8 Å². The van der Waals surface area contributed by atoms with Crippen molar-refractivity contribution in [2.24, 2.45) is 11.7 Å². The van der Waals surface area contributed by atoms with Gasteiger partial charge in [-0.25, -0.2) is 0 Å². The number of phenols is 2. The van der Waals surface area contributed by atoms with Gasteiger partial charge in [-0.15, -0.1) is 11.8 Å². The first-order valence-electron chi connectivity index (χ1n) is 42.3. The number of benzene rings is 6. The van der Waals surface area contributed by atoms with Crippen LogP contribution in [-0.2, 0) is 120 Å². The molecule has 0 radical (unpaired) electrons. The average Bonchev–Trinajstić information content (AvgIpc) is 1.78. The van der Waals surface area contributed by atoms with E-state index >= 15 is 33.6 Å². The maximum Gasteiger partial charge on any atom is 0.305 e. The summed E-state index contributed by atoms with van der Waals surface area (Å²) in [7, 11) is 7.65. The summed E-state index contributed by atoms with van der Waals surface area (Å²) in [5, 5.41) is 54.1. The molecule has 1 aromatic heterocycles. The molecule has 2 heterocycles. The number of phenolic OH excluding ortho intramolecular Hbond substituents is 2. The molecule has 36 nitrogen and oxygen atoms in total. The number of thioether (sulfide) groups is 1. The molecule has 0 spiro atoms. The largest absolute Gasteiger partial charge is 0.508 e. The number of nitrogens with two attached hydrogens (primary N) is 1. The Hall–Kier alpha value is -13.7. The second-order valence-electron chi connectivity index (χ2n) is 32.3. The molecule has 15 amide bonds. The van der Waals surface area contributed by atoms with Crippen LogP contribution in [0, 0.1) is 5.92 Å². The van der Waals surface area contributed by atoms with Crippen LogP contribution in [0.15, 0.2) is 170 Å². The summed E-state index contributed by atoms with van der Waals surface area (Å²) in [5.74, 6) is -16.5. The molecule has 1 aliphatic rings. The van der Waals surface area contributed by atoms with Crippen LogP contribution in [0.2, 0.25) is 0 Å². The minimum atomic E-state index is -1.95. The van der Waals surface area contributed by atoms with Crippen molar-refractivity contribution in [3.63, 3.8) is 0 Å². The number of carbonyl (C=O) groups is 16. The third-order valence-corrected chi connectivity index (χ3v) is 23.1. The number of likely N-dealkylation sites (N-methyl/N-ethyl adjacent to an activating group) is 5. The Bertz CT molecular complexity index is 5050. The fourth-order valence-electron chi connectivity index (χ4n) is 14.9. The van der Waals surface area contributed by atoms with Gasteiger partial charge in [0.1, 0.15) is 71.9 Å². The molecule has 15 N–H and O–H groups in total. The first kappa shape index (κ1) is 101. The molecule has 129 heavy (non-hydrogen) atoms. The fraction of sp³-hybridized carbons (Fsp3) is 0.413. The van der Waals surface area contributed by atoms with E-state index in [4.69, 9.17) is 10.5 Å². The van der Waals surface area contributed by atoms with E-state index in [2.05, 4.69) is 52.8 Å². The molecule has 8 rings (SSSR count). The number of rotatable bonds is 24. The zero-order valence-electron chi connectivity index (χ0n) is 73.6. The Morgan fingerprint density at radius 3 is 1.50 bits per heavy atom. The molecule has 1 fully saturated rings. The molecule has 1 saturated heterocycles. The summed E-state index contributed by atoms with van der Waals surface area (Å²) in [6, 6.07) is 28.2. The zero-order chi connectivity index (χ0) is 94.1. The number of aromatic nitrogens is 1. The van der Waals surface area contributed by atoms with Gasteiger partial charge in [-0.05, 0) is 82.5 Å². The first-order valence-corrected chi connectivity index (χ1v) is 43.3. The second-order valence-corrected chi connectivity index (χ2v) is 33.6. The molecular weight excluding hydrogens is 1680 g/mol. The van der Waals surface area contributed by atoms with E-state index in [1.807, 2.05) is 6.92 Å². The maximum absolute atomic E-state index is 15.6. The Labute approximate surface area is 752 Å². The van der Waals surface area contributed by atoms with Gasteiger partial charge in [-0.2, -0.15) is 0 Å². The van der Waals surface area contributed by atoms with Crippen LogP contribution in [0.5, 0.6) is 11.5 Å². The van der Waals surface area contributed by atoms with E-state index < -0.39 is 205 Å². The third kappa shape index (κ3) is 30.8. The van der Waals surface area contributed by atoms with Crippen molar-refractivity contribution in [3.8, 4) is 11.5 Å². The van der Waals surface area contributed by atoms with Crippen LogP contribution < -0.4 is 53.6 Å². The molecule has 0 saturated carbocycles. The summed E-state index contributed by atoms with van der Waals surface area (Å²) in [6.45, 7) is 1.65. The van der Waals surface area contributed by atoms with Crippen molar-refractivity contribution in [3.05, 3.63) is 203 Å². The molecule has 11 atom stereocenters. The predicted molar refractivity (Wildman–Crippen MR) is 479 cm³/mol. The Kier molecular flexibility index (Phi) is 38.6. The average molecular weight is 1800 g/mol. The number of amides is 15. The summed E-state index contributed by atoms with van der Waals surface area (Å²) in [5.41, 5.74) is 9.08. The molecule has 7 aromatic rings. The summed E-state index contributed by atoms with van der Waals surface area (Å²) in [6.07, 6.45) is 0.155. The molecule has 1 aliphatic heterocycles. The van der Waals surface area contributed by atoms with Gasteiger partial charge in [0.2, 0.25) is 88.6 Å². The van der Waals surface area contributed by atoms with Crippen LogP contribution >= 0.6 is 11.8 Å². The number of para-hydroxylation sites is 1. The number of unbranched alkanes of at least 4 members (excludes halogenated alkanes) is 1. The van der Waals surface area contributed by atoms with Crippen molar-refractivity contribution in [1.29, 1.82) is 0 Å². The van der Waals surface area contributed by atoms with E-state index in [9.17, 15) is 58.5 Å². The van der Waals surface area contributed by atoms with Crippen molar-refractivity contribution < 1.29 is 96.8 Å². The first-order chi connectivity index (χ1) is 61.5. The number of aromatic hydroxyl groups is 2. The van der Waals surface area contributed by atoms with Gasteiger partial charge in [-0.1, -0.05) is 167 Å². The van der Waals surface area contributed by atoms with E-state index in [1.165, 1.54) is 95.8 Å². The number of hydrogen-bond acceptors (Lipinski definition) is 20. The zero-order valence-corrected chi connectivity index (χ0v) is 74.4. The minimum Gasteiger partial charge on any atom is -0.508 e. The van der Waals surface area contributed by atoms with Crippen LogP contribution in [0.1, 0.15) is 86.3 Å². The van der Waals surface area contributed by atoms with E-state index in [1.54, 1.807) is 135 Å². The van der Waals surface area contributed by atoms with Crippen LogP contribution in [-0.4, -0.2) is 286 Å². The number of aromatic amines is 1. The fourth-order valence-corrected chi connectivity index (χ4v) is 16.3. The number of methoxy groups -OCH3 is 1. The number of primary amides is 1. The number of nitrogens with zero attached hydrogens (tertiary/aromatic N) is 5. The lowest BCUT2D eigenvalue weighted by molar-refractivity contribution is -0.151. The standard InChI is InChI=1S/C92H116N16O20S/c1-10-11-31-72-91(126)105(5)52-79(114)98-68(47-81(116)117)85(120)102-71(53-128-9)90(125)107(7)73(44-57-25-17-13-18-26-57)86(121)101-69(43-60-34-38-63(110)39-35-60)88(123)104(4)51-78(113)97-67(46-61-48-94-65-30-22-21-29-64(61)65)84(119)100-66(41-59-32-36-62(109)37-33-59)83(118)96-50-77(112)103-82(87(122)95-49-76(93)111)75(40-55(2)3)129-54-80(115)99-70(42-56-23-15-12-16-24-56)89(124)108(8)74(92(127)106(72)6)45-58-27-19-14-20-28-58/h12-30,32-39,48,55,66-75,82,94,109-110H,10-11,31,40-47,49-54H2,1-9H3,(H2,93,111)(H,95,122)(H,96,118)(H,97,113)(H,98,114)(H,99,115)(H,100,119)(H,101,121)(H,102,120)(H,103,112)(H,116,117)/t66-,67-,68-,69-,70-,71-,72-,73-,74-,75?,82-/m0/s1. The number of fused-ring (bicyclic) bond motifs is 1. The number of carbonyl (C=O) groups excluding carboxylic acids is 15. The van der Waals surface area contributed by atoms with Gasteiger partial charge in [-0.3, -0.25) is 76.7 Å². The molecule has 690 valence electrons. The van der Waals surface area contributed by atoms with Crippen molar-refractivity contribution in [2.45, 2.75) is 157 Å². The number of nitrogens with one attached hydrogen (secondary N) is 10. The highest BCUT2D eigenvalue weighted by Crippen LogP contribution is 2.27. The van der Waals surface area contributed by atoms with E-state index in [0.29, 0.717) is 57.1 Å². The summed E-state index contributed by atoms with van der Waals surface area (Å²) in [4.78, 5) is 243. The number of carboxylic acids is 1. The van der Waals surface area contributed by atoms with E-state index in [0.717, 1.165) is 31.4 Å². The Morgan fingerprint density at radius 1 is 0.488 bits per heavy atom. The van der Waals surface area contributed by atoms with Crippen LogP contribution in [0.4, 0.5) is 0 Å². The molecular formula is C92H116N16O20S. The van der Waals surface area contributed by atoms with Gasteiger partial charge in [0.05, 0.1) is 45.0 Å². The second kappa shape index (κ2) is 49.4. The monoisotopic (exact) mass is 1800 g/mol. The molecule has 1 unspecified atom stereocenters. The van der Waals surface area contributed by atoms with Crippen molar-refractivity contribution >= 4 is 117 Å². The SMILES string of the molecule is CCCC[C@H]1C(=O)N(C)CC(=O)N[C@@H](CC(=O)O)C(=O)N[C@@H](COC)C(=O)N(C)[C@@H](Cc2ccccc2)C(=O)N[C@@H](Cc2ccc(O)cc2)C(=O)N(C)CC(=O)N[C@@H](Cc2c[nH]c3ccccc23)C(=O)N[C@@H](Cc2ccc(O)cc2)C(=O)NCC(=O)N[C@H](C(=O)NCC(N)=O)C(CC(C)C)SCC(=O)N[C@@H](Cc2ccccc2)C(=O)N(C)[C@@H](Cc2ccccc2)C(=O)N1C. The quantitative estimate of drug-likeness (QED) is 0.0406. The lowest BCUT2D eigenvalue weighted by Gasteiger charge is -2.37. The molecule has 0 bridgehead atoms. The lowest BCUT2D eigenvalue weighted by atomic mass is 9.99. The molecule has 37 heteroatoms. The normalized spacial score (nSPS) is 21.9. The summed E-state index contributed by atoms with van der Waals surface area (Å²) < 4.78 is 5.42. The number of H-pyrrole nitrogens is 1. The predicted octanol–water partition coefficient (Wildman–Crippen LogP) is 1.32. The molecule has 6 aromatic carbocycles. The van der Waals surface area contributed by atoms with Crippen molar-refractivity contribution in [2.75, 3.05) is 80.9 Å². The number of hydrogen-bond donors (Lipinski definition) is 14. The third-order valence-electron chi connectivity index (χ3n) is 21.8. The van der Waals surface area contributed by atoms with Gasteiger partial charge >= 0.3 is 5.97 Å². The van der Waals surface area contributed by atoms with Gasteiger partial charge in [0, 0.05) is 103 Å². The number of ether oxygens (including phenoxy) is 1. The Morgan fingerprint density at radius 2 is 0.946 bits per heavy atom. The number of carboxylic acid groups (broad SMARTS) is 1. The molecule has 0 aliphatic carbocycles. The Balaban J connectivity index is 1.21. The van der Waals surface area contributed by atoms with Gasteiger partial charge in [0.25, 0.3) is 0 Å². The number of aliphatic carboxylic acids is 1. The highest BCUT2D eigenvalue weighted by Gasteiger charge is 2.42. The maximum atomic E-state index is 15.6. The topological polar surface area (TPSA) is 509 Å². The van der Waals surface area contributed by atoms with Crippen LogP contribution in [0.3, 0.4) is 0 Å². The van der Waals surface area contributed by atoms with Gasteiger partial charge < -0.3 is 103 Å². The smallest absolute Gasteiger partial charge is 0.305 e. The van der Waals surface area contributed by atoms with Gasteiger partial charge in [0.15, 0.2) is 0 Å².